The number of carbonyl (C=O) groups excluding carboxylic acids is 2. The quantitative estimate of drug-likeness (QED) is 0.739. The molecule has 4 heteroatoms. The maximum absolute atomic E-state index is 12.8. The highest BCUT2D eigenvalue weighted by atomic mass is 16.5. The molecule has 0 N–H and O–H groups in total. The molecule has 0 radical (unpaired) electrons. The average molecular weight is 277 g/mol. The molecule has 4 nitrogen and oxygen atoms in total. The third-order valence-corrected chi connectivity index (χ3v) is 4.58. The molecule has 0 aromatic rings. The normalized spacial score (nSPS) is 29.1. The van der Waals surface area contributed by atoms with Crippen molar-refractivity contribution in [3.05, 3.63) is 24.0 Å². The molecule has 0 aromatic carbocycles. The predicted molar refractivity (Wildman–Crippen MR) is 76.9 cm³/mol. The predicted octanol–water partition coefficient (Wildman–Crippen LogP) is 2.31. The Labute approximate surface area is 120 Å². The van der Waals surface area contributed by atoms with Crippen LogP contribution in [0.1, 0.15) is 34.6 Å². The summed E-state index contributed by atoms with van der Waals surface area (Å²) in [5.41, 5.74) is -1.47. The number of carbonyl (C=O) groups is 2. The Balaban J connectivity index is 2.57. The Morgan fingerprint density at radius 3 is 2.30 bits per heavy atom. The minimum atomic E-state index is -0.640. The Morgan fingerprint density at radius 1 is 1.25 bits per heavy atom. The number of likely N-dealkylation sites (tertiary alicyclic amines) is 1. The molecule has 1 unspecified atom stereocenters. The van der Waals surface area contributed by atoms with E-state index in [-0.39, 0.29) is 17.2 Å². The lowest BCUT2D eigenvalue weighted by Crippen LogP contribution is -2.44. The van der Waals surface area contributed by atoms with Crippen LogP contribution >= 0.6 is 0 Å². The fourth-order valence-corrected chi connectivity index (χ4v) is 3.09. The number of methoxy groups -OCH3 is 1. The van der Waals surface area contributed by atoms with E-state index in [2.05, 4.69) is 0 Å². The van der Waals surface area contributed by atoms with Crippen LogP contribution in [0.25, 0.3) is 0 Å². The van der Waals surface area contributed by atoms with Gasteiger partial charge in [-0.25, -0.2) is 0 Å². The third-order valence-electron chi connectivity index (χ3n) is 4.58. The lowest BCUT2D eigenvalue weighted by Gasteiger charge is -2.38. The van der Waals surface area contributed by atoms with Crippen LogP contribution in [0, 0.1) is 10.8 Å². The molecule has 20 heavy (non-hydrogen) atoms. The van der Waals surface area contributed by atoms with Gasteiger partial charge in [-0.15, -0.1) is 0 Å². The number of hydrogen-bond donors (Lipinski definition) is 0. The fraction of sp³-hybridized carbons (Fsp3) is 0.625. The zero-order valence-corrected chi connectivity index (χ0v) is 13.1. The van der Waals surface area contributed by atoms with E-state index >= 15 is 0 Å². The number of ether oxygens (including phenoxy) is 1. The van der Waals surface area contributed by atoms with E-state index < -0.39 is 10.8 Å². The molecule has 1 spiro atoms. The number of allylic oxidation sites excluding steroid dienone is 2. The van der Waals surface area contributed by atoms with E-state index in [0.29, 0.717) is 12.3 Å². The van der Waals surface area contributed by atoms with Gasteiger partial charge in [0.05, 0.1) is 17.9 Å². The highest BCUT2D eigenvalue weighted by Crippen LogP contribution is 2.55. The van der Waals surface area contributed by atoms with Crippen LogP contribution in [0.4, 0.5) is 0 Å². The van der Waals surface area contributed by atoms with Crippen molar-refractivity contribution >= 4 is 11.7 Å². The number of hydrogen-bond acceptors (Lipinski definition) is 3. The van der Waals surface area contributed by atoms with Gasteiger partial charge in [0.25, 0.3) is 0 Å². The van der Waals surface area contributed by atoms with E-state index in [9.17, 15) is 9.59 Å². The van der Waals surface area contributed by atoms with Crippen molar-refractivity contribution in [2.24, 2.45) is 10.8 Å². The smallest absolute Gasteiger partial charge is 0.230 e. The molecule has 2 aliphatic rings. The molecule has 1 aliphatic heterocycles. The van der Waals surface area contributed by atoms with Crippen LogP contribution in [-0.4, -0.2) is 35.8 Å². The van der Waals surface area contributed by atoms with Crippen LogP contribution in [0.2, 0.25) is 0 Å². The summed E-state index contributed by atoms with van der Waals surface area (Å²) in [6.07, 6.45) is 4.89. The van der Waals surface area contributed by atoms with Crippen LogP contribution in [0.5, 0.6) is 0 Å². The van der Waals surface area contributed by atoms with Crippen molar-refractivity contribution in [1.82, 2.24) is 4.90 Å². The molecule has 1 aliphatic carbocycles. The Morgan fingerprint density at radius 2 is 1.85 bits per heavy atom. The van der Waals surface area contributed by atoms with Crippen molar-refractivity contribution in [3.63, 3.8) is 0 Å². The summed E-state index contributed by atoms with van der Waals surface area (Å²) >= 11 is 0. The van der Waals surface area contributed by atoms with Crippen LogP contribution in [-0.2, 0) is 14.3 Å². The van der Waals surface area contributed by atoms with Gasteiger partial charge >= 0.3 is 0 Å². The molecule has 0 bridgehead atoms. The molecular formula is C16H23NO3. The molecular weight excluding hydrogens is 254 g/mol. The first-order valence-electron chi connectivity index (χ1n) is 6.88. The molecule has 0 aromatic heterocycles. The average Bonchev–Trinajstić information content (AvgIpc) is 2.53. The van der Waals surface area contributed by atoms with Gasteiger partial charge in [0.2, 0.25) is 5.91 Å². The van der Waals surface area contributed by atoms with Gasteiger partial charge in [-0.2, -0.15) is 0 Å². The second kappa shape index (κ2) is 4.21. The molecule has 1 fully saturated rings. The molecule has 2 rings (SSSR count). The summed E-state index contributed by atoms with van der Waals surface area (Å²) in [6, 6.07) is 0. The van der Waals surface area contributed by atoms with Crippen LogP contribution in [0.3, 0.4) is 0 Å². The van der Waals surface area contributed by atoms with Crippen molar-refractivity contribution < 1.29 is 14.3 Å². The van der Waals surface area contributed by atoms with Crippen molar-refractivity contribution in [1.29, 1.82) is 0 Å². The number of ketones is 1. The van der Waals surface area contributed by atoms with Gasteiger partial charge in [-0.1, -0.05) is 6.08 Å². The lowest BCUT2D eigenvalue weighted by atomic mass is 9.64. The molecule has 1 amide bonds. The summed E-state index contributed by atoms with van der Waals surface area (Å²) in [5.74, 6) is 0.576. The Hall–Kier alpha value is -1.58. The van der Waals surface area contributed by atoms with Crippen molar-refractivity contribution in [3.8, 4) is 0 Å². The lowest BCUT2D eigenvalue weighted by molar-refractivity contribution is -0.139. The van der Waals surface area contributed by atoms with Crippen molar-refractivity contribution in [2.75, 3.05) is 13.7 Å². The van der Waals surface area contributed by atoms with Gasteiger partial charge < -0.3 is 9.64 Å². The number of amides is 1. The van der Waals surface area contributed by atoms with E-state index in [0.717, 1.165) is 0 Å². The number of rotatable bonds is 1. The summed E-state index contributed by atoms with van der Waals surface area (Å²) in [7, 11) is 1.56. The van der Waals surface area contributed by atoms with Gasteiger partial charge in [-0.05, 0) is 40.7 Å². The first-order valence-corrected chi connectivity index (χ1v) is 6.88. The van der Waals surface area contributed by atoms with Crippen LogP contribution in [0.15, 0.2) is 24.0 Å². The fourth-order valence-electron chi connectivity index (χ4n) is 3.09. The van der Waals surface area contributed by atoms with Gasteiger partial charge in [0.15, 0.2) is 5.78 Å². The SMILES string of the molecule is COC1=CC(=O)C=CC12CN(C(C)(C)C)C(=O)C2(C)C. The zero-order chi connectivity index (χ0) is 15.3. The second-order valence-corrected chi connectivity index (χ2v) is 7.11. The Bertz CT molecular complexity index is 522. The van der Waals surface area contributed by atoms with E-state index in [4.69, 9.17) is 4.74 Å². The first-order chi connectivity index (χ1) is 9.06. The number of nitrogens with zero attached hydrogens (tertiary/aromatic N) is 1. The maximum atomic E-state index is 12.8. The van der Waals surface area contributed by atoms with Crippen molar-refractivity contribution in [2.45, 2.75) is 40.2 Å². The molecule has 1 heterocycles. The molecule has 1 saturated heterocycles. The highest BCUT2D eigenvalue weighted by Gasteiger charge is 2.62. The molecule has 0 saturated carbocycles. The molecule has 1 atom stereocenters. The minimum Gasteiger partial charge on any atom is -0.500 e. The zero-order valence-electron chi connectivity index (χ0n) is 13.1. The van der Waals surface area contributed by atoms with E-state index in [1.807, 2.05) is 45.6 Å². The van der Waals surface area contributed by atoms with E-state index in [1.165, 1.54) is 6.08 Å². The first kappa shape index (κ1) is 14.8. The maximum Gasteiger partial charge on any atom is 0.230 e. The standard InChI is InChI=1S/C16H23NO3/c1-14(2,3)17-10-16(15(4,5)13(17)19)8-7-11(18)9-12(16)20-6/h7-9H,10H2,1-6H3. The molecule has 110 valence electrons. The Kier molecular flexibility index (Phi) is 3.12. The summed E-state index contributed by atoms with van der Waals surface area (Å²) < 4.78 is 5.45. The van der Waals surface area contributed by atoms with Gasteiger partial charge in [-0.3, -0.25) is 9.59 Å². The minimum absolute atomic E-state index is 0.0898. The van der Waals surface area contributed by atoms with Gasteiger partial charge in [0, 0.05) is 18.2 Å². The monoisotopic (exact) mass is 277 g/mol. The summed E-state index contributed by atoms with van der Waals surface area (Å²) in [4.78, 5) is 26.3. The van der Waals surface area contributed by atoms with E-state index in [1.54, 1.807) is 13.2 Å². The topological polar surface area (TPSA) is 46.6 Å². The largest absolute Gasteiger partial charge is 0.500 e. The van der Waals surface area contributed by atoms with Crippen LogP contribution < -0.4 is 0 Å². The summed E-state index contributed by atoms with van der Waals surface area (Å²) in [5, 5.41) is 0. The van der Waals surface area contributed by atoms with Gasteiger partial charge in [0.1, 0.15) is 5.76 Å². The second-order valence-electron chi connectivity index (χ2n) is 7.11. The third kappa shape index (κ3) is 1.81. The highest BCUT2D eigenvalue weighted by molar-refractivity contribution is 6.02. The summed E-state index contributed by atoms with van der Waals surface area (Å²) in [6.45, 7) is 10.4.